The molecule has 1 aliphatic heterocycles. The average Bonchev–Trinajstić information content (AvgIpc) is 2.46. The lowest BCUT2D eigenvalue weighted by atomic mass is 9.96. The normalized spacial score (nSPS) is 18.6. The maximum absolute atomic E-state index is 12.3. The molecule has 1 heterocycles. The maximum atomic E-state index is 12.3. The summed E-state index contributed by atoms with van der Waals surface area (Å²) in [5.74, 6) is -0.955. The van der Waals surface area contributed by atoms with Gasteiger partial charge in [0, 0.05) is 26.2 Å². The first-order chi connectivity index (χ1) is 9.52. The smallest absolute Gasteiger partial charge is 0.257 e. The van der Waals surface area contributed by atoms with Crippen LogP contribution in [0.15, 0.2) is 18.2 Å². The van der Waals surface area contributed by atoms with Gasteiger partial charge in [0.05, 0.1) is 11.5 Å². The number of piperidine rings is 1. The van der Waals surface area contributed by atoms with Crippen LogP contribution >= 0.6 is 0 Å². The standard InChI is InChI=1S/C14H18N2O4/c1-15-13(19)9-3-2-6-16(8-9)14(20)11-5-4-10(17)7-12(11)18/h4-5,7,9,17-18H,2-3,6,8H2,1H3,(H,15,19). The van der Waals surface area contributed by atoms with Gasteiger partial charge in [0.1, 0.15) is 11.5 Å². The van der Waals surface area contributed by atoms with Crippen LogP contribution in [0, 0.1) is 5.92 Å². The first-order valence-corrected chi connectivity index (χ1v) is 6.55. The van der Waals surface area contributed by atoms with Crippen LogP contribution in [0.1, 0.15) is 23.2 Å². The third-order valence-corrected chi connectivity index (χ3v) is 3.54. The predicted octanol–water partition coefficient (Wildman–Crippen LogP) is 0.696. The molecule has 0 spiro atoms. The number of hydrogen-bond donors (Lipinski definition) is 3. The molecule has 1 saturated heterocycles. The number of nitrogens with zero attached hydrogens (tertiary/aromatic N) is 1. The van der Waals surface area contributed by atoms with Crippen molar-refractivity contribution in [2.45, 2.75) is 12.8 Å². The van der Waals surface area contributed by atoms with Gasteiger partial charge < -0.3 is 20.4 Å². The van der Waals surface area contributed by atoms with Crippen LogP contribution in [-0.2, 0) is 4.79 Å². The van der Waals surface area contributed by atoms with Gasteiger partial charge in [-0.1, -0.05) is 0 Å². The zero-order valence-corrected chi connectivity index (χ0v) is 11.3. The minimum absolute atomic E-state index is 0.0718. The van der Waals surface area contributed by atoms with E-state index in [0.717, 1.165) is 18.9 Å². The van der Waals surface area contributed by atoms with E-state index in [0.29, 0.717) is 13.1 Å². The number of carbonyl (C=O) groups excluding carboxylic acids is 2. The van der Waals surface area contributed by atoms with E-state index in [2.05, 4.69) is 5.32 Å². The van der Waals surface area contributed by atoms with Crippen molar-refractivity contribution in [3.05, 3.63) is 23.8 Å². The Hall–Kier alpha value is -2.24. The highest BCUT2D eigenvalue weighted by Gasteiger charge is 2.29. The summed E-state index contributed by atoms with van der Waals surface area (Å²) in [5.41, 5.74) is 0.139. The Morgan fingerprint density at radius 3 is 2.75 bits per heavy atom. The van der Waals surface area contributed by atoms with Gasteiger partial charge >= 0.3 is 0 Å². The Kier molecular flexibility index (Phi) is 4.12. The fourth-order valence-corrected chi connectivity index (χ4v) is 2.45. The minimum atomic E-state index is -0.323. The molecule has 0 radical (unpaired) electrons. The quantitative estimate of drug-likeness (QED) is 0.742. The van der Waals surface area contributed by atoms with Gasteiger partial charge in [-0.05, 0) is 25.0 Å². The summed E-state index contributed by atoms with van der Waals surface area (Å²) in [6, 6.07) is 3.87. The van der Waals surface area contributed by atoms with Crippen molar-refractivity contribution in [3.8, 4) is 11.5 Å². The highest BCUT2D eigenvalue weighted by atomic mass is 16.3. The minimum Gasteiger partial charge on any atom is -0.508 e. The Morgan fingerprint density at radius 2 is 2.10 bits per heavy atom. The number of benzene rings is 1. The van der Waals surface area contributed by atoms with E-state index >= 15 is 0 Å². The maximum Gasteiger partial charge on any atom is 0.257 e. The number of rotatable bonds is 2. The molecule has 1 unspecified atom stereocenters. The molecular formula is C14H18N2O4. The second kappa shape index (κ2) is 5.81. The molecule has 1 fully saturated rings. The molecule has 108 valence electrons. The van der Waals surface area contributed by atoms with Gasteiger partial charge in [0.25, 0.3) is 5.91 Å². The topological polar surface area (TPSA) is 89.9 Å². The van der Waals surface area contributed by atoms with Crippen molar-refractivity contribution >= 4 is 11.8 Å². The molecule has 3 N–H and O–H groups in total. The van der Waals surface area contributed by atoms with Crippen LogP contribution in [0.5, 0.6) is 11.5 Å². The number of aromatic hydroxyl groups is 2. The summed E-state index contributed by atoms with van der Waals surface area (Å²) in [7, 11) is 1.58. The lowest BCUT2D eigenvalue weighted by molar-refractivity contribution is -0.125. The average molecular weight is 278 g/mol. The van der Waals surface area contributed by atoms with E-state index < -0.39 is 0 Å². The second-order valence-electron chi connectivity index (χ2n) is 4.91. The summed E-state index contributed by atoms with van der Waals surface area (Å²) < 4.78 is 0. The molecule has 0 bridgehead atoms. The molecule has 6 heteroatoms. The zero-order chi connectivity index (χ0) is 14.7. The van der Waals surface area contributed by atoms with Crippen LogP contribution in [0.4, 0.5) is 0 Å². The van der Waals surface area contributed by atoms with Gasteiger partial charge in [-0.25, -0.2) is 0 Å². The summed E-state index contributed by atoms with van der Waals surface area (Å²) in [6.07, 6.45) is 1.51. The molecule has 6 nitrogen and oxygen atoms in total. The summed E-state index contributed by atoms with van der Waals surface area (Å²) >= 11 is 0. The first kappa shape index (κ1) is 14.2. The fraction of sp³-hybridized carbons (Fsp3) is 0.429. The molecule has 2 rings (SSSR count). The van der Waals surface area contributed by atoms with E-state index in [4.69, 9.17) is 0 Å². The molecule has 1 aromatic rings. The monoisotopic (exact) mass is 278 g/mol. The number of nitrogens with one attached hydrogen (secondary N) is 1. The highest BCUT2D eigenvalue weighted by Crippen LogP contribution is 2.26. The molecule has 20 heavy (non-hydrogen) atoms. The number of phenols is 2. The van der Waals surface area contributed by atoms with Gasteiger partial charge in [-0.2, -0.15) is 0 Å². The third kappa shape index (κ3) is 2.84. The van der Waals surface area contributed by atoms with E-state index in [-0.39, 0.29) is 34.8 Å². The lowest BCUT2D eigenvalue weighted by Gasteiger charge is -2.32. The number of hydrogen-bond acceptors (Lipinski definition) is 4. The van der Waals surface area contributed by atoms with E-state index in [1.54, 1.807) is 11.9 Å². The number of amides is 2. The van der Waals surface area contributed by atoms with Crippen molar-refractivity contribution in [2.24, 2.45) is 5.92 Å². The first-order valence-electron chi connectivity index (χ1n) is 6.55. The van der Waals surface area contributed by atoms with Crippen LogP contribution in [0.2, 0.25) is 0 Å². The summed E-state index contributed by atoms with van der Waals surface area (Å²) in [6.45, 7) is 0.908. The molecule has 1 atom stereocenters. The summed E-state index contributed by atoms with van der Waals surface area (Å²) in [4.78, 5) is 25.6. The van der Waals surface area contributed by atoms with Crippen LogP contribution in [0.3, 0.4) is 0 Å². The number of phenolic OH excluding ortho intramolecular Hbond substituents is 2. The Morgan fingerprint density at radius 1 is 1.35 bits per heavy atom. The van der Waals surface area contributed by atoms with Gasteiger partial charge in [0.2, 0.25) is 5.91 Å². The van der Waals surface area contributed by atoms with Crippen molar-refractivity contribution < 1.29 is 19.8 Å². The molecule has 1 aliphatic rings. The Labute approximate surface area is 117 Å². The number of carbonyl (C=O) groups is 2. The second-order valence-corrected chi connectivity index (χ2v) is 4.91. The van der Waals surface area contributed by atoms with Crippen LogP contribution in [-0.4, -0.2) is 47.1 Å². The lowest BCUT2D eigenvalue weighted by Crippen LogP contribution is -2.44. The highest BCUT2D eigenvalue weighted by molar-refractivity contribution is 5.97. The van der Waals surface area contributed by atoms with Gasteiger partial charge in [-0.15, -0.1) is 0 Å². The molecule has 2 amide bonds. The van der Waals surface area contributed by atoms with Crippen LogP contribution in [0.25, 0.3) is 0 Å². The van der Waals surface area contributed by atoms with Gasteiger partial charge in [0.15, 0.2) is 0 Å². The van der Waals surface area contributed by atoms with E-state index in [1.165, 1.54) is 12.1 Å². The molecule has 0 aliphatic carbocycles. The number of likely N-dealkylation sites (tertiary alicyclic amines) is 1. The van der Waals surface area contributed by atoms with E-state index in [1.807, 2.05) is 0 Å². The summed E-state index contributed by atoms with van der Waals surface area (Å²) in [5, 5.41) is 21.6. The van der Waals surface area contributed by atoms with Crippen molar-refractivity contribution in [1.82, 2.24) is 10.2 Å². The molecule has 0 aromatic heterocycles. The largest absolute Gasteiger partial charge is 0.508 e. The van der Waals surface area contributed by atoms with Crippen molar-refractivity contribution in [3.63, 3.8) is 0 Å². The predicted molar refractivity (Wildman–Crippen MR) is 72.5 cm³/mol. The van der Waals surface area contributed by atoms with E-state index in [9.17, 15) is 19.8 Å². The molecular weight excluding hydrogens is 260 g/mol. The Balaban J connectivity index is 2.14. The van der Waals surface area contributed by atoms with Crippen molar-refractivity contribution in [1.29, 1.82) is 0 Å². The van der Waals surface area contributed by atoms with Gasteiger partial charge in [-0.3, -0.25) is 9.59 Å². The molecule has 0 saturated carbocycles. The zero-order valence-electron chi connectivity index (χ0n) is 11.3. The fourth-order valence-electron chi connectivity index (χ4n) is 2.45. The SMILES string of the molecule is CNC(=O)C1CCCN(C(=O)c2ccc(O)cc2O)C1. The Bertz CT molecular complexity index is 530. The van der Waals surface area contributed by atoms with Crippen LogP contribution < -0.4 is 5.32 Å². The third-order valence-electron chi connectivity index (χ3n) is 3.54. The van der Waals surface area contributed by atoms with Crippen molar-refractivity contribution in [2.75, 3.05) is 20.1 Å². The molecule has 1 aromatic carbocycles.